The minimum atomic E-state index is -1.90. The fourth-order valence-corrected chi connectivity index (χ4v) is 4.81. The average molecular weight is 614 g/mol. The molecule has 0 unspecified atom stereocenters. The summed E-state index contributed by atoms with van der Waals surface area (Å²) in [5, 5.41) is 4.72. The molecule has 1 aliphatic rings. The van der Waals surface area contributed by atoms with Gasteiger partial charge in [-0.05, 0) is 54.0 Å². The molecule has 0 spiro atoms. The number of benzene rings is 2. The Balaban J connectivity index is 1.45. The maximum Gasteiger partial charge on any atom is 0.338 e. The molecule has 0 radical (unpaired) electrons. The monoisotopic (exact) mass is 613 g/mol. The first kappa shape index (κ1) is 27.5. The number of alkyl halides is 1. The van der Waals surface area contributed by atoms with Gasteiger partial charge in [0, 0.05) is 0 Å². The minimum absolute atomic E-state index is 0.0789. The molecule has 208 valence electrons. The van der Waals surface area contributed by atoms with Crippen molar-refractivity contribution in [3.63, 3.8) is 0 Å². The minimum Gasteiger partial charge on any atom is -0.474 e. The molecule has 4 aromatic rings. The third-order valence-electron chi connectivity index (χ3n) is 5.98. The molecule has 1 aliphatic heterocycles. The number of carbonyl (C=O) groups excluding carboxylic acids is 2. The first-order chi connectivity index (χ1) is 19.2. The lowest BCUT2D eigenvalue weighted by Crippen LogP contribution is -2.37. The Morgan fingerprint density at radius 1 is 1.05 bits per heavy atom. The van der Waals surface area contributed by atoms with Crippen LogP contribution in [0.25, 0.3) is 11.0 Å². The molecule has 1 saturated heterocycles. The smallest absolute Gasteiger partial charge is 0.338 e. The van der Waals surface area contributed by atoms with Crippen LogP contribution < -0.4 is 10.5 Å². The van der Waals surface area contributed by atoms with Crippen molar-refractivity contribution < 1.29 is 32.9 Å². The van der Waals surface area contributed by atoms with Gasteiger partial charge in [-0.1, -0.05) is 36.4 Å². The molecule has 2 N–H and O–H groups in total. The van der Waals surface area contributed by atoms with Gasteiger partial charge in [-0.25, -0.2) is 18.7 Å². The van der Waals surface area contributed by atoms with E-state index in [0.717, 1.165) is 0 Å². The first-order valence-corrected chi connectivity index (χ1v) is 13.2. The molecule has 5 rings (SSSR count). The van der Waals surface area contributed by atoms with E-state index in [2.05, 4.69) is 31.0 Å². The van der Waals surface area contributed by atoms with Crippen LogP contribution in [0.2, 0.25) is 0 Å². The Morgan fingerprint density at radius 2 is 1.68 bits per heavy atom. The predicted octanol–water partition coefficient (Wildman–Crippen LogP) is 4.28. The fourth-order valence-electron chi connectivity index (χ4n) is 4.18. The molecule has 3 heterocycles. The van der Waals surface area contributed by atoms with Crippen molar-refractivity contribution in [1.29, 1.82) is 0 Å². The number of fused-ring (bicyclic) bond motifs is 1. The third-order valence-corrected chi connectivity index (χ3v) is 6.74. The molecule has 0 saturated carbocycles. The molecule has 0 amide bonds. The van der Waals surface area contributed by atoms with Crippen molar-refractivity contribution in [1.82, 2.24) is 19.7 Å². The summed E-state index contributed by atoms with van der Waals surface area (Å²) >= 11 is 3.43. The van der Waals surface area contributed by atoms with E-state index in [4.69, 9.17) is 24.7 Å². The highest BCUT2D eigenvalue weighted by atomic mass is 79.9. The molecule has 40 heavy (non-hydrogen) atoms. The van der Waals surface area contributed by atoms with Crippen LogP contribution >= 0.6 is 15.9 Å². The number of rotatable bonds is 8. The summed E-state index contributed by atoms with van der Waals surface area (Å²) < 4.78 is 40.3. The Bertz CT molecular complexity index is 1520. The standard InChI is InChI=1S/C27H25BrFN5O6/c1-14(2)38-23-18-21(28)34(33-22(18)31-27(30)32-23)24-19(29)20(40-26(36)16-11-7-4-8-12-16)17(39-24)13-37-25(35)15-9-5-3-6-10-15/h3-12,14,17,19-20,24H,13H2,1-2H3,(H2,30,31,33)/t17-,19+,20-,24-/m1/s1. The van der Waals surface area contributed by atoms with Gasteiger partial charge in [-0.15, -0.1) is 5.10 Å². The highest BCUT2D eigenvalue weighted by Gasteiger charge is 2.50. The second-order valence-electron chi connectivity index (χ2n) is 9.20. The number of nitrogens with zero attached hydrogens (tertiary/aromatic N) is 4. The molecule has 13 heteroatoms. The number of halogens is 2. The molecular weight excluding hydrogens is 589 g/mol. The highest BCUT2D eigenvalue weighted by molar-refractivity contribution is 9.10. The van der Waals surface area contributed by atoms with Gasteiger partial charge in [0.2, 0.25) is 11.8 Å². The molecule has 2 aromatic heterocycles. The number of hydrogen-bond donors (Lipinski definition) is 1. The summed E-state index contributed by atoms with van der Waals surface area (Å²) in [6, 6.07) is 16.5. The number of ether oxygens (including phenoxy) is 4. The summed E-state index contributed by atoms with van der Waals surface area (Å²) in [7, 11) is 0. The highest BCUT2D eigenvalue weighted by Crippen LogP contribution is 2.40. The molecular formula is C27H25BrFN5O6. The lowest BCUT2D eigenvalue weighted by atomic mass is 10.1. The zero-order valence-electron chi connectivity index (χ0n) is 21.4. The maximum atomic E-state index is 16.1. The van der Waals surface area contributed by atoms with Crippen LogP contribution in [-0.2, 0) is 14.2 Å². The van der Waals surface area contributed by atoms with Gasteiger partial charge in [0.25, 0.3) is 0 Å². The van der Waals surface area contributed by atoms with Crippen LogP contribution in [0, 0.1) is 0 Å². The van der Waals surface area contributed by atoms with Gasteiger partial charge < -0.3 is 24.7 Å². The quantitative estimate of drug-likeness (QED) is 0.286. The maximum absolute atomic E-state index is 16.1. The van der Waals surface area contributed by atoms with Crippen molar-refractivity contribution >= 4 is 44.9 Å². The normalized spacial score (nSPS) is 20.5. The molecule has 4 atom stereocenters. The number of nitrogen functional groups attached to an aromatic ring is 1. The van der Waals surface area contributed by atoms with E-state index in [0.29, 0.717) is 10.9 Å². The number of hydrogen-bond acceptors (Lipinski definition) is 10. The Morgan fingerprint density at radius 3 is 2.30 bits per heavy atom. The van der Waals surface area contributed by atoms with Gasteiger partial charge in [-0.2, -0.15) is 9.97 Å². The second kappa shape index (κ2) is 11.6. The topological polar surface area (TPSA) is 141 Å². The zero-order valence-corrected chi connectivity index (χ0v) is 23.0. The summed E-state index contributed by atoms with van der Waals surface area (Å²) in [6.45, 7) is 3.24. The van der Waals surface area contributed by atoms with E-state index < -0.39 is 36.5 Å². The number of anilines is 1. The largest absolute Gasteiger partial charge is 0.474 e. The van der Waals surface area contributed by atoms with Crippen molar-refractivity contribution in [3.05, 3.63) is 76.4 Å². The first-order valence-electron chi connectivity index (χ1n) is 12.4. The van der Waals surface area contributed by atoms with Crippen LogP contribution in [0.5, 0.6) is 5.88 Å². The molecule has 0 bridgehead atoms. The van der Waals surface area contributed by atoms with E-state index in [1.165, 1.54) is 4.68 Å². The summed E-state index contributed by atoms with van der Waals surface area (Å²) in [6.07, 6.45) is -6.11. The van der Waals surface area contributed by atoms with E-state index in [9.17, 15) is 9.59 Å². The lowest BCUT2D eigenvalue weighted by Gasteiger charge is -2.19. The SMILES string of the molecule is CC(C)Oc1nc(N)nc2nn([C@@H]3O[C@H](COC(=O)c4ccccc4)[C@@H](OC(=O)c4ccccc4)[C@@H]3F)c(Br)c12. The van der Waals surface area contributed by atoms with E-state index in [1.54, 1.807) is 60.7 Å². The Hall–Kier alpha value is -4.10. The molecule has 11 nitrogen and oxygen atoms in total. The van der Waals surface area contributed by atoms with Crippen molar-refractivity contribution in [2.24, 2.45) is 0 Å². The van der Waals surface area contributed by atoms with Gasteiger partial charge in [0.1, 0.15) is 22.7 Å². The van der Waals surface area contributed by atoms with Crippen molar-refractivity contribution in [2.75, 3.05) is 12.3 Å². The van der Waals surface area contributed by atoms with Crippen LogP contribution in [0.15, 0.2) is 65.3 Å². The summed E-state index contributed by atoms with van der Waals surface area (Å²) in [5.41, 5.74) is 6.51. The van der Waals surface area contributed by atoms with Crippen molar-refractivity contribution in [3.8, 4) is 5.88 Å². The van der Waals surface area contributed by atoms with Crippen LogP contribution in [0.3, 0.4) is 0 Å². The van der Waals surface area contributed by atoms with Crippen LogP contribution in [-0.4, -0.2) is 62.8 Å². The van der Waals surface area contributed by atoms with E-state index in [1.807, 2.05) is 13.8 Å². The average Bonchev–Trinajstić information content (AvgIpc) is 3.43. The van der Waals surface area contributed by atoms with Gasteiger partial charge >= 0.3 is 11.9 Å². The summed E-state index contributed by atoms with van der Waals surface area (Å²) in [4.78, 5) is 33.7. The van der Waals surface area contributed by atoms with Crippen LogP contribution in [0.4, 0.5) is 10.3 Å². The fraction of sp³-hybridized carbons (Fsp3) is 0.296. The predicted molar refractivity (Wildman–Crippen MR) is 144 cm³/mol. The number of nitrogens with two attached hydrogens (primary N) is 1. The lowest BCUT2D eigenvalue weighted by molar-refractivity contribution is -0.0618. The van der Waals surface area contributed by atoms with Crippen molar-refractivity contribution in [2.45, 2.75) is 44.6 Å². The molecule has 2 aromatic carbocycles. The number of aromatic nitrogens is 4. The molecule has 1 fully saturated rings. The summed E-state index contributed by atoms with van der Waals surface area (Å²) in [5.74, 6) is -1.31. The number of esters is 2. The number of carbonyl (C=O) groups is 2. The Kier molecular flexibility index (Phi) is 7.94. The second-order valence-corrected chi connectivity index (χ2v) is 9.95. The van der Waals surface area contributed by atoms with Gasteiger partial charge in [-0.3, -0.25) is 0 Å². The zero-order chi connectivity index (χ0) is 28.4. The van der Waals surface area contributed by atoms with E-state index >= 15 is 4.39 Å². The van der Waals surface area contributed by atoms with Gasteiger partial charge in [0.15, 0.2) is 24.2 Å². The van der Waals surface area contributed by atoms with E-state index in [-0.39, 0.29) is 40.4 Å². The third kappa shape index (κ3) is 5.61. The Labute approximate surface area is 236 Å². The van der Waals surface area contributed by atoms with Gasteiger partial charge in [0.05, 0.1) is 17.2 Å². The van der Waals surface area contributed by atoms with Crippen LogP contribution in [0.1, 0.15) is 40.8 Å². The molecule has 0 aliphatic carbocycles.